The van der Waals surface area contributed by atoms with E-state index in [1.165, 1.54) is 6.21 Å². The Labute approximate surface area is 106 Å². The number of carbonyl (C=O) groups excluding carboxylic acids is 1. The molecule has 2 rings (SSSR count). The van der Waals surface area contributed by atoms with Crippen LogP contribution in [-0.2, 0) is 0 Å². The Bertz CT molecular complexity index is 557. The Morgan fingerprint density at radius 3 is 2.76 bits per heavy atom. The average Bonchev–Trinajstić information content (AvgIpc) is 2.88. The van der Waals surface area contributed by atoms with Gasteiger partial charge in [0.15, 0.2) is 10.4 Å². The molecule has 2 aromatic heterocycles. The molecule has 0 unspecified atom stereocenters. The van der Waals surface area contributed by atoms with Gasteiger partial charge >= 0.3 is 5.91 Å². The highest BCUT2D eigenvalue weighted by molar-refractivity contribution is 9.10. The Balaban J connectivity index is 1.94. The Morgan fingerprint density at radius 2 is 2.18 bits per heavy atom. The summed E-state index contributed by atoms with van der Waals surface area (Å²) in [5.41, 5.74) is 2.33. The highest BCUT2D eigenvalue weighted by Crippen LogP contribution is 2.13. The van der Waals surface area contributed by atoms with E-state index in [0.717, 1.165) is 5.76 Å². The molecule has 5 nitrogen and oxygen atoms in total. The van der Waals surface area contributed by atoms with Crippen molar-refractivity contribution in [3.8, 4) is 0 Å². The molecule has 0 aromatic carbocycles. The third-order valence-corrected chi connectivity index (χ3v) is 2.34. The molecular formula is C11H9BrN2O3. The molecule has 17 heavy (non-hydrogen) atoms. The van der Waals surface area contributed by atoms with Crippen molar-refractivity contribution in [2.24, 2.45) is 5.10 Å². The van der Waals surface area contributed by atoms with Crippen LogP contribution in [0.3, 0.4) is 0 Å². The number of hydrogen-bond acceptors (Lipinski definition) is 4. The highest BCUT2D eigenvalue weighted by Gasteiger charge is 2.08. The van der Waals surface area contributed by atoms with Crippen molar-refractivity contribution >= 4 is 28.1 Å². The van der Waals surface area contributed by atoms with Crippen molar-refractivity contribution in [3.63, 3.8) is 0 Å². The predicted molar refractivity (Wildman–Crippen MR) is 64.9 cm³/mol. The van der Waals surface area contributed by atoms with Crippen LogP contribution in [0, 0.1) is 6.92 Å². The first-order valence-electron chi connectivity index (χ1n) is 4.80. The largest absolute Gasteiger partial charge is 0.460 e. The lowest BCUT2D eigenvalue weighted by atomic mass is 10.4. The summed E-state index contributed by atoms with van der Waals surface area (Å²) in [5.74, 6) is 1.12. The van der Waals surface area contributed by atoms with Crippen molar-refractivity contribution in [2.75, 3.05) is 0 Å². The first kappa shape index (κ1) is 11.7. The van der Waals surface area contributed by atoms with Crippen LogP contribution in [-0.4, -0.2) is 12.1 Å². The van der Waals surface area contributed by atoms with Gasteiger partial charge < -0.3 is 8.83 Å². The zero-order chi connectivity index (χ0) is 12.3. The van der Waals surface area contributed by atoms with Gasteiger partial charge in [-0.15, -0.1) is 0 Å². The summed E-state index contributed by atoms with van der Waals surface area (Å²) in [6, 6.07) is 6.75. The van der Waals surface area contributed by atoms with Gasteiger partial charge in [-0.1, -0.05) is 0 Å². The minimum atomic E-state index is -0.421. The summed E-state index contributed by atoms with van der Waals surface area (Å²) < 4.78 is 10.8. The number of nitrogens with zero attached hydrogens (tertiary/aromatic N) is 1. The molecule has 0 aliphatic carbocycles. The Hall–Kier alpha value is -1.82. The Morgan fingerprint density at radius 1 is 1.35 bits per heavy atom. The number of halogens is 1. The van der Waals surface area contributed by atoms with Crippen LogP contribution >= 0.6 is 15.9 Å². The van der Waals surface area contributed by atoms with E-state index in [1.54, 1.807) is 18.2 Å². The van der Waals surface area contributed by atoms with E-state index in [0.29, 0.717) is 10.4 Å². The molecule has 0 aliphatic rings. The van der Waals surface area contributed by atoms with Crippen LogP contribution < -0.4 is 5.43 Å². The molecule has 0 fully saturated rings. The molecule has 6 heteroatoms. The SMILES string of the molecule is Cc1ccc(C=NNC(=O)c2ccc(Br)o2)o1. The number of amides is 1. The maximum absolute atomic E-state index is 11.5. The molecule has 0 spiro atoms. The van der Waals surface area contributed by atoms with E-state index in [2.05, 4.69) is 26.5 Å². The van der Waals surface area contributed by atoms with Crippen molar-refractivity contribution < 1.29 is 13.6 Å². The fraction of sp³-hybridized carbons (Fsp3) is 0.0909. The van der Waals surface area contributed by atoms with Gasteiger partial charge in [-0.05, 0) is 47.1 Å². The van der Waals surface area contributed by atoms with E-state index >= 15 is 0 Å². The van der Waals surface area contributed by atoms with Crippen LogP contribution in [0.5, 0.6) is 0 Å². The molecule has 0 saturated heterocycles. The smallest absolute Gasteiger partial charge is 0.307 e. The average molecular weight is 297 g/mol. The molecule has 2 heterocycles. The van der Waals surface area contributed by atoms with Crippen molar-refractivity contribution in [3.05, 3.63) is 46.2 Å². The lowest BCUT2D eigenvalue weighted by Crippen LogP contribution is -2.16. The fourth-order valence-corrected chi connectivity index (χ4v) is 1.48. The quantitative estimate of drug-likeness (QED) is 0.699. The monoisotopic (exact) mass is 296 g/mol. The number of aryl methyl sites for hydroxylation is 1. The van der Waals surface area contributed by atoms with E-state index < -0.39 is 5.91 Å². The lowest BCUT2D eigenvalue weighted by molar-refractivity contribution is 0.0926. The minimum Gasteiger partial charge on any atom is -0.460 e. The van der Waals surface area contributed by atoms with E-state index in [4.69, 9.17) is 8.83 Å². The minimum absolute atomic E-state index is 0.185. The molecule has 88 valence electrons. The lowest BCUT2D eigenvalue weighted by Gasteiger charge is -1.93. The molecule has 0 aliphatic heterocycles. The highest BCUT2D eigenvalue weighted by atomic mass is 79.9. The molecule has 0 bridgehead atoms. The van der Waals surface area contributed by atoms with Gasteiger partial charge in [0.2, 0.25) is 0 Å². The molecule has 1 N–H and O–H groups in total. The predicted octanol–water partition coefficient (Wildman–Crippen LogP) is 2.71. The van der Waals surface area contributed by atoms with Gasteiger partial charge in [-0.2, -0.15) is 5.10 Å². The van der Waals surface area contributed by atoms with Crippen LogP contribution in [0.25, 0.3) is 0 Å². The van der Waals surface area contributed by atoms with Gasteiger partial charge in [0.05, 0.1) is 6.21 Å². The number of hydrogen-bond donors (Lipinski definition) is 1. The zero-order valence-electron chi connectivity index (χ0n) is 8.94. The summed E-state index contributed by atoms with van der Waals surface area (Å²) in [4.78, 5) is 11.5. The van der Waals surface area contributed by atoms with Crippen LogP contribution in [0.1, 0.15) is 22.1 Å². The normalized spacial score (nSPS) is 10.9. The second kappa shape index (κ2) is 5.01. The summed E-state index contributed by atoms with van der Waals surface area (Å²) in [7, 11) is 0. The van der Waals surface area contributed by atoms with Gasteiger partial charge in [-0.3, -0.25) is 4.79 Å². The summed E-state index contributed by atoms with van der Waals surface area (Å²) >= 11 is 3.11. The van der Waals surface area contributed by atoms with Crippen molar-refractivity contribution in [1.29, 1.82) is 0 Å². The maximum atomic E-state index is 11.5. The van der Waals surface area contributed by atoms with Gasteiger partial charge in [0, 0.05) is 0 Å². The number of hydrazone groups is 1. The van der Waals surface area contributed by atoms with Crippen LogP contribution in [0.2, 0.25) is 0 Å². The zero-order valence-corrected chi connectivity index (χ0v) is 10.5. The fourth-order valence-electron chi connectivity index (χ4n) is 1.17. The second-order valence-corrected chi connectivity index (χ2v) is 4.03. The van der Waals surface area contributed by atoms with Crippen molar-refractivity contribution in [1.82, 2.24) is 5.43 Å². The Kier molecular flexibility index (Phi) is 3.43. The molecule has 1 amide bonds. The van der Waals surface area contributed by atoms with Crippen LogP contribution in [0.4, 0.5) is 0 Å². The third kappa shape index (κ3) is 3.07. The standard InChI is InChI=1S/C11H9BrN2O3/c1-7-2-3-8(16-7)6-13-14-11(15)9-4-5-10(12)17-9/h2-6H,1H3,(H,14,15). The van der Waals surface area contributed by atoms with E-state index in [1.807, 2.05) is 13.0 Å². The van der Waals surface area contributed by atoms with E-state index in [-0.39, 0.29) is 5.76 Å². The number of carbonyl (C=O) groups is 1. The summed E-state index contributed by atoms with van der Waals surface area (Å²) in [5, 5.41) is 3.75. The van der Waals surface area contributed by atoms with Gasteiger partial charge in [0.25, 0.3) is 0 Å². The third-order valence-electron chi connectivity index (χ3n) is 1.92. The summed E-state index contributed by atoms with van der Waals surface area (Å²) in [6.45, 7) is 1.83. The molecule has 0 atom stereocenters. The number of rotatable bonds is 3. The number of nitrogens with one attached hydrogen (secondary N) is 1. The maximum Gasteiger partial charge on any atom is 0.307 e. The first-order valence-corrected chi connectivity index (χ1v) is 5.59. The molecule has 2 aromatic rings. The van der Waals surface area contributed by atoms with Gasteiger partial charge in [0.1, 0.15) is 11.5 Å². The molecule has 0 saturated carbocycles. The van der Waals surface area contributed by atoms with Crippen molar-refractivity contribution in [2.45, 2.75) is 6.92 Å². The van der Waals surface area contributed by atoms with Crippen LogP contribution in [0.15, 0.2) is 42.9 Å². The number of furan rings is 2. The molecular weight excluding hydrogens is 288 g/mol. The molecule has 0 radical (unpaired) electrons. The topological polar surface area (TPSA) is 67.7 Å². The second-order valence-electron chi connectivity index (χ2n) is 3.25. The van der Waals surface area contributed by atoms with E-state index in [9.17, 15) is 4.79 Å². The van der Waals surface area contributed by atoms with Gasteiger partial charge in [-0.25, -0.2) is 5.43 Å². The first-order chi connectivity index (χ1) is 8.15. The summed E-state index contributed by atoms with van der Waals surface area (Å²) in [6.07, 6.45) is 1.42.